The number of halogens is 1. The average molecular weight is 580 g/mol. The molecule has 3 heterocycles. The molecule has 0 fully saturated rings. The third-order valence-electron chi connectivity index (χ3n) is 8.77. The zero-order valence-electron chi connectivity index (χ0n) is 24.2. The van der Waals surface area contributed by atoms with Crippen molar-refractivity contribution in [3.05, 3.63) is 164 Å². The van der Waals surface area contributed by atoms with Crippen LogP contribution in [0.25, 0.3) is 77.4 Å². The van der Waals surface area contributed by atoms with Gasteiger partial charge in [-0.15, -0.1) is 0 Å². The lowest BCUT2D eigenvalue weighted by molar-refractivity contribution is 0.630. The molecule has 45 heavy (non-hydrogen) atoms. The van der Waals surface area contributed by atoms with E-state index in [2.05, 4.69) is 102 Å². The van der Waals surface area contributed by atoms with Crippen molar-refractivity contribution in [3.63, 3.8) is 0 Å². The van der Waals surface area contributed by atoms with Gasteiger partial charge in [-0.3, -0.25) is 0 Å². The van der Waals surface area contributed by atoms with Gasteiger partial charge in [0.25, 0.3) is 0 Å². The van der Waals surface area contributed by atoms with E-state index in [4.69, 9.17) is 5.10 Å². The van der Waals surface area contributed by atoms with Gasteiger partial charge >= 0.3 is 0 Å². The maximum absolute atomic E-state index is 15.0. The predicted molar refractivity (Wildman–Crippen MR) is 183 cm³/mol. The molecule has 4 heteroatoms. The van der Waals surface area contributed by atoms with Gasteiger partial charge in [0.1, 0.15) is 11.5 Å². The van der Waals surface area contributed by atoms with E-state index in [-0.39, 0.29) is 5.82 Å². The Morgan fingerprint density at radius 3 is 1.93 bits per heavy atom. The molecule has 0 saturated carbocycles. The third-order valence-corrected chi connectivity index (χ3v) is 8.77. The molecule has 9 aromatic rings. The maximum Gasteiger partial charge on any atom is 0.123 e. The molecular weight excluding hydrogens is 553 g/mol. The fourth-order valence-corrected chi connectivity index (χ4v) is 6.78. The number of fused-ring (bicyclic) bond motifs is 6. The average Bonchev–Trinajstić information content (AvgIpc) is 3.66. The van der Waals surface area contributed by atoms with Crippen LogP contribution in [0, 0.1) is 5.82 Å². The fraction of sp³-hybridized carbons (Fsp3) is 0. The van der Waals surface area contributed by atoms with Gasteiger partial charge < -0.3 is 4.57 Å². The van der Waals surface area contributed by atoms with Gasteiger partial charge in [0.05, 0.1) is 22.2 Å². The van der Waals surface area contributed by atoms with E-state index in [0.29, 0.717) is 0 Å². The largest absolute Gasteiger partial charge is 0.309 e. The Kier molecular flexibility index (Phi) is 5.69. The van der Waals surface area contributed by atoms with Crippen molar-refractivity contribution in [2.45, 2.75) is 0 Å². The molecule has 0 aliphatic rings. The van der Waals surface area contributed by atoms with E-state index in [1.807, 2.05) is 53.0 Å². The summed E-state index contributed by atoms with van der Waals surface area (Å²) in [5, 5.41) is 9.42. The van der Waals surface area contributed by atoms with Gasteiger partial charge in [0.2, 0.25) is 0 Å². The number of aromatic nitrogens is 3. The molecule has 0 saturated heterocycles. The van der Waals surface area contributed by atoms with E-state index >= 15 is 0 Å². The van der Waals surface area contributed by atoms with Crippen molar-refractivity contribution in [1.82, 2.24) is 14.2 Å². The number of para-hydroxylation sites is 2. The lowest BCUT2D eigenvalue weighted by Crippen LogP contribution is -1.96. The minimum Gasteiger partial charge on any atom is -0.309 e. The smallest absolute Gasteiger partial charge is 0.123 e. The highest BCUT2D eigenvalue weighted by Gasteiger charge is 2.23. The van der Waals surface area contributed by atoms with Crippen LogP contribution in [0.1, 0.15) is 0 Å². The molecule has 0 spiro atoms. The van der Waals surface area contributed by atoms with Crippen LogP contribution in [0.5, 0.6) is 0 Å². The summed E-state index contributed by atoms with van der Waals surface area (Å²) in [6, 6.07) is 53.4. The van der Waals surface area contributed by atoms with Crippen LogP contribution in [0.2, 0.25) is 0 Å². The molecule has 0 amide bonds. The van der Waals surface area contributed by atoms with Crippen LogP contribution >= 0.6 is 0 Å². The minimum absolute atomic E-state index is 0.272. The van der Waals surface area contributed by atoms with Crippen molar-refractivity contribution >= 4 is 38.1 Å². The van der Waals surface area contributed by atoms with E-state index in [9.17, 15) is 4.39 Å². The number of nitrogens with zero attached hydrogens (tertiary/aromatic N) is 3. The van der Waals surface area contributed by atoms with Gasteiger partial charge in [-0.1, -0.05) is 109 Å². The molecule has 3 nitrogen and oxygen atoms in total. The normalized spacial score (nSPS) is 11.7. The van der Waals surface area contributed by atoms with E-state index < -0.39 is 0 Å². The summed E-state index contributed by atoms with van der Waals surface area (Å²) in [7, 11) is 0. The second-order valence-corrected chi connectivity index (χ2v) is 11.4. The molecule has 0 aliphatic carbocycles. The molecule has 0 N–H and O–H groups in total. The van der Waals surface area contributed by atoms with E-state index in [0.717, 1.165) is 72.0 Å². The molecule has 0 bridgehead atoms. The summed E-state index contributed by atoms with van der Waals surface area (Å²) in [5.41, 5.74) is 10.2. The Bertz CT molecular complexity index is 2530. The second-order valence-electron chi connectivity index (χ2n) is 11.4. The summed E-state index contributed by atoms with van der Waals surface area (Å²) in [6.07, 6.45) is 0. The first-order valence-electron chi connectivity index (χ1n) is 15.1. The summed E-state index contributed by atoms with van der Waals surface area (Å²) in [4.78, 5) is 0. The van der Waals surface area contributed by atoms with Crippen molar-refractivity contribution in [3.8, 4) is 39.3 Å². The minimum atomic E-state index is -0.272. The molecular formula is C41H26FN3. The summed E-state index contributed by atoms with van der Waals surface area (Å²) >= 11 is 0. The van der Waals surface area contributed by atoms with Gasteiger partial charge in [-0.25, -0.2) is 8.91 Å². The molecule has 0 unspecified atom stereocenters. The zero-order valence-corrected chi connectivity index (χ0v) is 24.2. The standard InChI is InChI=1S/C41H26FN3/c42-31-22-20-29-25-38(27-12-4-1-5-13-27)45-41(34(29)26-31)39(40(43-45)28-14-6-2-7-15-28)30-21-23-37-35(24-30)33-18-10-11-19-36(33)44(37)32-16-8-3-9-17-32/h1-26H. The summed E-state index contributed by atoms with van der Waals surface area (Å²) < 4.78 is 19.3. The van der Waals surface area contributed by atoms with Gasteiger partial charge in [-0.05, 0) is 59.5 Å². The van der Waals surface area contributed by atoms with E-state index in [1.165, 1.54) is 11.5 Å². The van der Waals surface area contributed by atoms with Crippen LogP contribution < -0.4 is 0 Å². The maximum atomic E-state index is 15.0. The Morgan fingerprint density at radius 1 is 0.489 bits per heavy atom. The molecule has 212 valence electrons. The van der Waals surface area contributed by atoms with Crippen LogP contribution in [0.4, 0.5) is 4.39 Å². The number of hydrogen-bond acceptors (Lipinski definition) is 1. The summed E-state index contributed by atoms with van der Waals surface area (Å²) in [5.74, 6) is -0.272. The van der Waals surface area contributed by atoms with E-state index in [1.54, 1.807) is 6.07 Å². The predicted octanol–water partition coefficient (Wildman–Crippen LogP) is 10.7. The lowest BCUT2D eigenvalue weighted by atomic mass is 9.95. The second kappa shape index (κ2) is 10.0. The van der Waals surface area contributed by atoms with Crippen LogP contribution in [-0.2, 0) is 0 Å². The molecule has 9 rings (SSSR count). The molecule has 3 aromatic heterocycles. The topological polar surface area (TPSA) is 22.2 Å². The zero-order chi connectivity index (χ0) is 29.9. The third kappa shape index (κ3) is 4.00. The van der Waals surface area contributed by atoms with Gasteiger partial charge in [0, 0.05) is 38.5 Å². The molecule has 0 aliphatic heterocycles. The van der Waals surface area contributed by atoms with Crippen LogP contribution in [-0.4, -0.2) is 14.2 Å². The van der Waals surface area contributed by atoms with Crippen molar-refractivity contribution < 1.29 is 4.39 Å². The molecule has 0 radical (unpaired) electrons. The van der Waals surface area contributed by atoms with Crippen molar-refractivity contribution in [2.75, 3.05) is 0 Å². The Hall–Kier alpha value is -6.00. The number of rotatable bonds is 4. The first-order chi connectivity index (χ1) is 22.2. The molecule has 6 aromatic carbocycles. The highest BCUT2D eigenvalue weighted by Crippen LogP contribution is 2.43. The highest BCUT2D eigenvalue weighted by atomic mass is 19.1. The van der Waals surface area contributed by atoms with Gasteiger partial charge in [-0.2, -0.15) is 5.10 Å². The van der Waals surface area contributed by atoms with Crippen LogP contribution in [0.3, 0.4) is 0 Å². The monoisotopic (exact) mass is 579 g/mol. The Labute approximate surface area is 259 Å². The van der Waals surface area contributed by atoms with Crippen LogP contribution in [0.15, 0.2) is 158 Å². The quantitative estimate of drug-likeness (QED) is 0.203. The lowest BCUT2D eigenvalue weighted by Gasteiger charge is -2.11. The Balaban J connectivity index is 1.43. The van der Waals surface area contributed by atoms with Crippen molar-refractivity contribution in [2.24, 2.45) is 0 Å². The van der Waals surface area contributed by atoms with Crippen molar-refractivity contribution in [1.29, 1.82) is 0 Å². The number of pyridine rings is 1. The summed E-state index contributed by atoms with van der Waals surface area (Å²) in [6.45, 7) is 0. The number of hydrogen-bond donors (Lipinski definition) is 0. The fourth-order valence-electron chi connectivity index (χ4n) is 6.78. The Morgan fingerprint density at radius 2 is 1.16 bits per heavy atom. The first kappa shape index (κ1) is 25.5. The SMILES string of the molecule is Fc1ccc2cc(-c3ccccc3)n3nc(-c4ccccc4)c(-c4ccc5c(c4)c4ccccc4n5-c4ccccc4)c3c2c1. The highest BCUT2D eigenvalue weighted by molar-refractivity contribution is 6.13. The first-order valence-corrected chi connectivity index (χ1v) is 15.1. The van der Waals surface area contributed by atoms with Gasteiger partial charge in [0.15, 0.2) is 0 Å². The molecule has 0 atom stereocenters. The number of benzene rings is 6.